The average molecular weight is 327 g/mol. The van der Waals surface area contributed by atoms with Crippen LogP contribution in [0.4, 0.5) is 4.39 Å². The van der Waals surface area contributed by atoms with Gasteiger partial charge >= 0.3 is 0 Å². The zero-order valence-electron chi connectivity index (χ0n) is 13.4. The van der Waals surface area contributed by atoms with Crippen molar-refractivity contribution in [3.05, 3.63) is 65.5 Å². The van der Waals surface area contributed by atoms with Crippen molar-refractivity contribution in [3.8, 4) is 5.75 Å². The maximum absolute atomic E-state index is 13.9. The van der Waals surface area contributed by atoms with Gasteiger partial charge in [-0.3, -0.25) is 9.59 Å². The first-order valence-electron chi connectivity index (χ1n) is 7.85. The molecule has 0 aromatic heterocycles. The van der Waals surface area contributed by atoms with Gasteiger partial charge in [0.1, 0.15) is 11.6 Å². The highest BCUT2D eigenvalue weighted by Gasteiger charge is 2.35. The molecule has 124 valence electrons. The first-order chi connectivity index (χ1) is 11.6. The van der Waals surface area contributed by atoms with Crippen molar-refractivity contribution >= 4 is 11.7 Å². The van der Waals surface area contributed by atoms with Crippen LogP contribution in [0.5, 0.6) is 5.75 Å². The number of methoxy groups -OCH3 is 1. The molecule has 0 saturated carbocycles. The van der Waals surface area contributed by atoms with E-state index in [2.05, 4.69) is 0 Å². The normalized spacial score (nSPS) is 16.9. The van der Waals surface area contributed by atoms with E-state index in [9.17, 15) is 14.0 Å². The van der Waals surface area contributed by atoms with Gasteiger partial charge in [0.05, 0.1) is 18.7 Å². The predicted octanol–water partition coefficient (Wildman–Crippen LogP) is 3.32. The van der Waals surface area contributed by atoms with E-state index in [1.54, 1.807) is 37.4 Å². The molecule has 3 rings (SSSR count). The van der Waals surface area contributed by atoms with E-state index >= 15 is 0 Å². The highest BCUT2D eigenvalue weighted by Crippen LogP contribution is 2.25. The van der Waals surface area contributed by atoms with E-state index in [1.165, 1.54) is 23.1 Å². The summed E-state index contributed by atoms with van der Waals surface area (Å²) >= 11 is 0. The van der Waals surface area contributed by atoms with Crippen LogP contribution in [0, 0.1) is 5.82 Å². The Kier molecular flexibility index (Phi) is 4.60. The van der Waals surface area contributed by atoms with E-state index in [4.69, 9.17) is 4.74 Å². The Morgan fingerprint density at radius 2 is 1.83 bits per heavy atom. The monoisotopic (exact) mass is 327 g/mol. The van der Waals surface area contributed by atoms with Crippen molar-refractivity contribution in [1.82, 2.24) is 4.90 Å². The van der Waals surface area contributed by atoms with E-state index in [0.717, 1.165) is 6.42 Å². The Hall–Kier alpha value is -2.69. The third kappa shape index (κ3) is 3.02. The van der Waals surface area contributed by atoms with Gasteiger partial charge in [-0.2, -0.15) is 0 Å². The maximum atomic E-state index is 13.9. The molecule has 0 spiro atoms. The lowest BCUT2D eigenvalue weighted by atomic mass is 10.0. The lowest BCUT2D eigenvalue weighted by molar-refractivity contribution is 0.0668. The minimum absolute atomic E-state index is 0.00642. The molecule has 1 amide bonds. The second-order valence-electron chi connectivity index (χ2n) is 5.73. The molecule has 5 heteroatoms. The molecule has 0 N–H and O–H groups in total. The number of carbonyl (C=O) groups excluding carboxylic acids is 2. The standard InChI is InChI=1S/C19H18FNO3/c1-24-14-10-8-13(9-11-14)18(22)17-7-4-12-21(17)19(23)15-5-2-3-6-16(15)20/h2-3,5-6,8-11,17H,4,7,12H2,1H3. The molecule has 1 saturated heterocycles. The summed E-state index contributed by atoms with van der Waals surface area (Å²) in [7, 11) is 1.56. The van der Waals surface area contributed by atoms with Gasteiger partial charge in [-0.15, -0.1) is 0 Å². The molecule has 1 atom stereocenters. The molecule has 1 unspecified atom stereocenters. The SMILES string of the molecule is COc1ccc(C(=O)C2CCCN2C(=O)c2ccccc2F)cc1. The van der Waals surface area contributed by atoms with Crippen LogP contribution in [-0.2, 0) is 0 Å². The quantitative estimate of drug-likeness (QED) is 0.809. The van der Waals surface area contributed by atoms with Gasteiger partial charge in [0.25, 0.3) is 5.91 Å². The van der Waals surface area contributed by atoms with Gasteiger partial charge in [0.15, 0.2) is 5.78 Å². The number of ketones is 1. The minimum Gasteiger partial charge on any atom is -0.497 e. The number of carbonyl (C=O) groups is 2. The average Bonchev–Trinajstić information content (AvgIpc) is 3.10. The minimum atomic E-state index is -0.565. The molecular weight excluding hydrogens is 309 g/mol. The zero-order valence-corrected chi connectivity index (χ0v) is 13.4. The highest BCUT2D eigenvalue weighted by atomic mass is 19.1. The van der Waals surface area contributed by atoms with Gasteiger partial charge in [-0.25, -0.2) is 4.39 Å². The fraction of sp³-hybridized carbons (Fsp3) is 0.263. The number of amides is 1. The van der Waals surface area contributed by atoms with Crippen molar-refractivity contribution in [2.75, 3.05) is 13.7 Å². The Bertz CT molecular complexity index is 757. The Balaban J connectivity index is 1.83. The molecule has 0 radical (unpaired) electrons. The zero-order chi connectivity index (χ0) is 17.1. The van der Waals surface area contributed by atoms with E-state index < -0.39 is 17.8 Å². The van der Waals surface area contributed by atoms with E-state index in [1.807, 2.05) is 0 Å². The summed E-state index contributed by atoms with van der Waals surface area (Å²) in [6.07, 6.45) is 1.32. The van der Waals surface area contributed by atoms with Crippen molar-refractivity contribution in [1.29, 1.82) is 0 Å². The van der Waals surface area contributed by atoms with Crippen LogP contribution in [0.3, 0.4) is 0 Å². The molecule has 2 aromatic carbocycles. The molecule has 1 aliphatic rings. The van der Waals surface area contributed by atoms with Crippen LogP contribution in [-0.4, -0.2) is 36.3 Å². The van der Waals surface area contributed by atoms with Crippen molar-refractivity contribution in [2.24, 2.45) is 0 Å². The third-order valence-electron chi connectivity index (χ3n) is 4.30. The van der Waals surface area contributed by atoms with Crippen molar-refractivity contribution in [3.63, 3.8) is 0 Å². The number of ether oxygens (including phenoxy) is 1. The molecule has 1 heterocycles. The van der Waals surface area contributed by atoms with Gasteiger partial charge in [0, 0.05) is 12.1 Å². The van der Waals surface area contributed by atoms with Crippen LogP contribution in [0.2, 0.25) is 0 Å². The number of halogens is 1. The number of Topliss-reactive ketones (excluding diaryl/α,β-unsaturated/α-hetero) is 1. The molecule has 0 aliphatic carbocycles. The summed E-state index contributed by atoms with van der Waals surface area (Å²) in [5.74, 6) is -0.459. The molecule has 0 bridgehead atoms. The first kappa shape index (κ1) is 16.2. The number of likely N-dealkylation sites (tertiary alicyclic amines) is 1. The van der Waals surface area contributed by atoms with Gasteiger partial charge in [-0.05, 0) is 49.2 Å². The highest BCUT2D eigenvalue weighted by molar-refractivity contribution is 6.04. The summed E-state index contributed by atoms with van der Waals surface area (Å²) in [6, 6.07) is 12.1. The van der Waals surface area contributed by atoms with Gasteiger partial charge < -0.3 is 9.64 Å². The molecule has 4 nitrogen and oxygen atoms in total. The smallest absolute Gasteiger partial charge is 0.257 e. The molecule has 24 heavy (non-hydrogen) atoms. The number of nitrogens with zero attached hydrogens (tertiary/aromatic N) is 1. The van der Waals surface area contributed by atoms with E-state index in [-0.39, 0.29) is 11.3 Å². The van der Waals surface area contributed by atoms with Crippen LogP contribution in [0.15, 0.2) is 48.5 Å². The Morgan fingerprint density at radius 1 is 1.12 bits per heavy atom. The summed E-state index contributed by atoms with van der Waals surface area (Å²) in [5.41, 5.74) is 0.529. The van der Waals surface area contributed by atoms with Crippen LogP contribution < -0.4 is 4.74 Å². The lowest BCUT2D eigenvalue weighted by Gasteiger charge is -2.24. The number of hydrogen-bond acceptors (Lipinski definition) is 3. The molecular formula is C19H18FNO3. The number of rotatable bonds is 4. The maximum Gasteiger partial charge on any atom is 0.257 e. The number of hydrogen-bond donors (Lipinski definition) is 0. The summed E-state index contributed by atoms with van der Waals surface area (Å²) < 4.78 is 19.0. The largest absolute Gasteiger partial charge is 0.497 e. The number of benzene rings is 2. The predicted molar refractivity (Wildman–Crippen MR) is 87.8 cm³/mol. The fourth-order valence-corrected chi connectivity index (χ4v) is 3.02. The summed E-state index contributed by atoms with van der Waals surface area (Å²) in [4.78, 5) is 26.9. The topological polar surface area (TPSA) is 46.6 Å². The lowest BCUT2D eigenvalue weighted by Crippen LogP contribution is -2.40. The second-order valence-corrected chi connectivity index (χ2v) is 5.73. The van der Waals surface area contributed by atoms with Crippen LogP contribution in [0.25, 0.3) is 0 Å². The van der Waals surface area contributed by atoms with Crippen molar-refractivity contribution < 1.29 is 18.7 Å². The van der Waals surface area contributed by atoms with Gasteiger partial charge in [0.2, 0.25) is 0 Å². The Labute approximate surface area is 139 Å². The molecule has 1 fully saturated rings. The summed E-state index contributed by atoms with van der Waals surface area (Å²) in [6.45, 7) is 0.458. The molecule has 1 aliphatic heterocycles. The summed E-state index contributed by atoms with van der Waals surface area (Å²) in [5, 5.41) is 0. The van der Waals surface area contributed by atoms with Gasteiger partial charge in [-0.1, -0.05) is 12.1 Å². The Morgan fingerprint density at radius 3 is 2.50 bits per heavy atom. The van der Waals surface area contributed by atoms with Crippen LogP contribution >= 0.6 is 0 Å². The second kappa shape index (κ2) is 6.83. The van der Waals surface area contributed by atoms with Crippen LogP contribution in [0.1, 0.15) is 33.6 Å². The first-order valence-corrected chi connectivity index (χ1v) is 7.85. The van der Waals surface area contributed by atoms with E-state index in [0.29, 0.717) is 24.3 Å². The fourth-order valence-electron chi connectivity index (χ4n) is 3.02. The molecule has 2 aromatic rings. The van der Waals surface area contributed by atoms with Crippen molar-refractivity contribution in [2.45, 2.75) is 18.9 Å². The third-order valence-corrected chi connectivity index (χ3v) is 4.30.